The molecule has 4 N–H and O–H groups in total. The Kier molecular flexibility index (Phi) is 9.20. The number of rotatable bonds is 12. The number of carbonyl (C=O) groups is 2. The molecule has 5 heterocycles. The summed E-state index contributed by atoms with van der Waals surface area (Å²) in [7, 11) is 0. The lowest BCUT2D eigenvalue weighted by atomic mass is 10.1. The summed E-state index contributed by atoms with van der Waals surface area (Å²) >= 11 is 1.43. The van der Waals surface area contributed by atoms with Crippen LogP contribution in [0, 0.1) is 12.8 Å². The third-order valence-corrected chi connectivity index (χ3v) is 8.69. The molecule has 12 nitrogen and oxygen atoms in total. The second-order valence-corrected chi connectivity index (χ2v) is 12.3. The minimum absolute atomic E-state index is 0.0528. The third-order valence-electron chi connectivity index (χ3n) is 7.83. The Hall–Kier alpha value is -3.94. The lowest BCUT2D eigenvalue weighted by Gasteiger charge is -2.17. The number of aromatic amines is 1. The van der Waals surface area contributed by atoms with E-state index in [1.807, 2.05) is 55.6 Å². The average molecular weight is 603 g/mol. The maximum absolute atomic E-state index is 12.7. The number of H-pyrrole nitrogens is 1. The van der Waals surface area contributed by atoms with Crippen molar-refractivity contribution in [2.75, 3.05) is 56.4 Å². The highest BCUT2D eigenvalue weighted by molar-refractivity contribution is 7.99. The first-order chi connectivity index (χ1) is 21.0. The van der Waals surface area contributed by atoms with Crippen molar-refractivity contribution in [3.63, 3.8) is 0 Å². The van der Waals surface area contributed by atoms with Gasteiger partial charge in [-0.25, -0.2) is 9.50 Å². The van der Waals surface area contributed by atoms with Crippen LogP contribution in [0.5, 0.6) is 0 Å². The van der Waals surface area contributed by atoms with Crippen LogP contribution in [0.3, 0.4) is 0 Å². The van der Waals surface area contributed by atoms with Gasteiger partial charge in [-0.2, -0.15) is 5.10 Å². The Labute approximate surface area is 255 Å². The van der Waals surface area contributed by atoms with Crippen molar-refractivity contribution in [3.05, 3.63) is 54.4 Å². The van der Waals surface area contributed by atoms with Gasteiger partial charge >= 0.3 is 0 Å². The van der Waals surface area contributed by atoms with Crippen molar-refractivity contribution < 1.29 is 9.59 Å². The summed E-state index contributed by atoms with van der Waals surface area (Å²) in [6.07, 6.45) is 6.23. The summed E-state index contributed by atoms with van der Waals surface area (Å²) < 4.78 is 1.79. The van der Waals surface area contributed by atoms with Crippen LogP contribution in [0.15, 0.2) is 58.7 Å². The second-order valence-electron chi connectivity index (χ2n) is 11.2. The molecule has 6 rings (SSSR count). The van der Waals surface area contributed by atoms with E-state index < -0.39 is 0 Å². The maximum atomic E-state index is 12.7. The first-order valence-corrected chi connectivity index (χ1v) is 15.7. The molecule has 0 aliphatic carbocycles. The molecule has 1 atom stereocenters. The van der Waals surface area contributed by atoms with Crippen LogP contribution in [0.1, 0.15) is 31.4 Å². The maximum Gasteiger partial charge on any atom is 0.238 e. The standard InChI is InChI=1S/C30H38N10O2S/c1-21-18-26(36-35-21)33-28-25-6-4-16-40(25)37-30(34-28)43-24-9-7-23(8-10-24)32-27(41)20-39-17-11-22(19-39)29(42)31-12-5-15-38-13-2-3-14-38/h4,6-10,16,18,22H,2-3,5,11-15,17,19-20H2,1H3,(H,31,42)(H,32,41)(H2,33,34,35,36,37)/t22-/m1/s1. The number of fused-ring (bicyclic) bond motifs is 1. The molecule has 2 amide bonds. The molecule has 0 radical (unpaired) electrons. The molecule has 0 unspecified atom stereocenters. The van der Waals surface area contributed by atoms with Crippen LogP contribution < -0.4 is 16.0 Å². The fourth-order valence-corrected chi connectivity index (χ4v) is 6.37. The van der Waals surface area contributed by atoms with Gasteiger partial charge in [0, 0.05) is 41.6 Å². The summed E-state index contributed by atoms with van der Waals surface area (Å²) in [5, 5.41) is 21.7. The molecular weight excluding hydrogens is 564 g/mol. The second kappa shape index (κ2) is 13.6. The van der Waals surface area contributed by atoms with Crippen molar-refractivity contribution in [1.82, 2.24) is 39.9 Å². The van der Waals surface area contributed by atoms with Crippen molar-refractivity contribution >= 4 is 46.4 Å². The first kappa shape index (κ1) is 29.1. The molecule has 43 heavy (non-hydrogen) atoms. The molecule has 1 aromatic carbocycles. The fraction of sp³-hybridized carbons (Fsp3) is 0.433. The van der Waals surface area contributed by atoms with E-state index in [0.717, 1.165) is 54.3 Å². The van der Waals surface area contributed by atoms with E-state index in [2.05, 4.69) is 41.0 Å². The van der Waals surface area contributed by atoms with Gasteiger partial charge in [-0.15, -0.1) is 5.10 Å². The van der Waals surface area contributed by atoms with Crippen molar-refractivity contribution in [3.8, 4) is 0 Å². The van der Waals surface area contributed by atoms with E-state index in [4.69, 9.17) is 4.98 Å². The highest BCUT2D eigenvalue weighted by atomic mass is 32.2. The molecule has 13 heteroatoms. The summed E-state index contributed by atoms with van der Waals surface area (Å²) in [6, 6.07) is 13.4. The molecule has 2 aliphatic rings. The Morgan fingerprint density at radius 1 is 1.09 bits per heavy atom. The minimum Gasteiger partial charge on any atom is -0.356 e. The smallest absolute Gasteiger partial charge is 0.238 e. The van der Waals surface area contributed by atoms with E-state index >= 15 is 0 Å². The van der Waals surface area contributed by atoms with Gasteiger partial charge in [-0.3, -0.25) is 19.6 Å². The highest BCUT2D eigenvalue weighted by Crippen LogP contribution is 2.29. The third kappa shape index (κ3) is 7.72. The molecule has 2 fully saturated rings. The van der Waals surface area contributed by atoms with Crippen LogP contribution in [-0.4, -0.2) is 92.2 Å². The Bertz CT molecular complexity index is 1550. The van der Waals surface area contributed by atoms with E-state index in [0.29, 0.717) is 23.3 Å². The number of carbonyl (C=O) groups excluding carboxylic acids is 2. The number of nitrogens with one attached hydrogen (secondary N) is 4. The number of benzene rings is 1. The van der Waals surface area contributed by atoms with Crippen LogP contribution in [0.2, 0.25) is 0 Å². The van der Waals surface area contributed by atoms with Gasteiger partial charge in [0.2, 0.25) is 17.0 Å². The van der Waals surface area contributed by atoms with Gasteiger partial charge in [0.05, 0.1) is 12.5 Å². The normalized spacial score (nSPS) is 17.5. The molecule has 2 aliphatic heterocycles. The van der Waals surface area contributed by atoms with Crippen molar-refractivity contribution in [1.29, 1.82) is 0 Å². The molecule has 0 saturated carbocycles. The fourth-order valence-electron chi connectivity index (χ4n) is 5.62. The van der Waals surface area contributed by atoms with Gasteiger partial charge < -0.3 is 20.9 Å². The number of aryl methyl sites for hydroxylation is 1. The lowest BCUT2D eigenvalue weighted by Crippen LogP contribution is -2.36. The van der Waals surface area contributed by atoms with Crippen LogP contribution in [0.25, 0.3) is 5.52 Å². The van der Waals surface area contributed by atoms with Gasteiger partial charge in [-0.1, -0.05) is 0 Å². The van der Waals surface area contributed by atoms with Crippen molar-refractivity contribution in [2.45, 2.75) is 42.7 Å². The average Bonchev–Trinajstić information content (AvgIpc) is 3.81. The lowest BCUT2D eigenvalue weighted by molar-refractivity contribution is -0.125. The van der Waals surface area contributed by atoms with E-state index in [1.54, 1.807) is 4.52 Å². The topological polar surface area (TPSA) is 136 Å². The summed E-state index contributed by atoms with van der Waals surface area (Å²) in [5.41, 5.74) is 2.52. The number of hydrogen-bond donors (Lipinski definition) is 4. The van der Waals surface area contributed by atoms with E-state index in [1.165, 1.54) is 37.7 Å². The SMILES string of the molecule is Cc1cc(Nc2nc(Sc3ccc(NC(=O)CN4CC[C@@H](C(=O)NCCCN5CCCC5)C4)cc3)nn3cccc23)n[nH]1. The number of nitrogens with zero attached hydrogens (tertiary/aromatic N) is 6. The summed E-state index contributed by atoms with van der Waals surface area (Å²) in [4.78, 5) is 35.5. The molecule has 0 bridgehead atoms. The summed E-state index contributed by atoms with van der Waals surface area (Å²) in [6.45, 7) is 7.72. The van der Waals surface area contributed by atoms with Crippen LogP contribution >= 0.6 is 11.8 Å². The number of aromatic nitrogens is 5. The molecule has 2 saturated heterocycles. The predicted molar refractivity (Wildman–Crippen MR) is 167 cm³/mol. The van der Waals surface area contributed by atoms with Crippen LogP contribution in [0.4, 0.5) is 17.3 Å². The molecular formula is C30H38N10O2S. The zero-order valence-corrected chi connectivity index (χ0v) is 25.2. The van der Waals surface area contributed by atoms with Gasteiger partial charge in [0.15, 0.2) is 11.6 Å². The van der Waals surface area contributed by atoms with Gasteiger partial charge in [-0.05, 0) is 107 Å². The van der Waals surface area contributed by atoms with Gasteiger partial charge in [0.1, 0.15) is 5.52 Å². The number of anilines is 3. The highest BCUT2D eigenvalue weighted by Gasteiger charge is 2.29. The van der Waals surface area contributed by atoms with Crippen molar-refractivity contribution in [2.24, 2.45) is 5.92 Å². The zero-order chi connectivity index (χ0) is 29.6. The molecule has 3 aromatic heterocycles. The van der Waals surface area contributed by atoms with E-state index in [-0.39, 0.29) is 24.3 Å². The molecule has 4 aromatic rings. The number of amides is 2. The van der Waals surface area contributed by atoms with E-state index in [9.17, 15) is 9.59 Å². The number of hydrogen-bond acceptors (Lipinski definition) is 9. The Balaban J connectivity index is 0.963. The largest absolute Gasteiger partial charge is 0.356 e. The Morgan fingerprint density at radius 2 is 1.93 bits per heavy atom. The predicted octanol–water partition coefficient (Wildman–Crippen LogP) is 3.52. The molecule has 0 spiro atoms. The zero-order valence-electron chi connectivity index (χ0n) is 24.4. The monoisotopic (exact) mass is 602 g/mol. The van der Waals surface area contributed by atoms with Crippen LogP contribution in [-0.2, 0) is 9.59 Å². The summed E-state index contributed by atoms with van der Waals surface area (Å²) in [5.74, 6) is 1.32. The van der Waals surface area contributed by atoms with Gasteiger partial charge in [0.25, 0.3) is 0 Å². The number of likely N-dealkylation sites (tertiary alicyclic amines) is 2. The first-order valence-electron chi connectivity index (χ1n) is 14.9. The quantitative estimate of drug-likeness (QED) is 0.180. The minimum atomic E-state index is -0.0854. The Morgan fingerprint density at radius 3 is 2.72 bits per heavy atom. The molecule has 226 valence electrons.